The van der Waals surface area contributed by atoms with Crippen LogP contribution in [0.15, 0.2) is 47.4 Å². The number of anilines is 1. The summed E-state index contributed by atoms with van der Waals surface area (Å²) in [6.07, 6.45) is 6.53. The van der Waals surface area contributed by atoms with Gasteiger partial charge < -0.3 is 9.84 Å². The van der Waals surface area contributed by atoms with E-state index in [4.69, 9.17) is 9.51 Å². The van der Waals surface area contributed by atoms with Crippen LogP contribution in [0.5, 0.6) is 0 Å². The van der Waals surface area contributed by atoms with Crippen LogP contribution >= 0.6 is 0 Å². The lowest BCUT2D eigenvalue weighted by Gasteiger charge is -2.08. The molecule has 0 spiro atoms. The summed E-state index contributed by atoms with van der Waals surface area (Å²) in [4.78, 5) is 8.95. The zero-order valence-electron chi connectivity index (χ0n) is 15.2. The Hall–Kier alpha value is -3.15. The van der Waals surface area contributed by atoms with E-state index in [9.17, 15) is 0 Å². The fourth-order valence-corrected chi connectivity index (χ4v) is 3.21. The Balaban J connectivity index is 1.78. The summed E-state index contributed by atoms with van der Waals surface area (Å²) in [5, 5.41) is 7.53. The van der Waals surface area contributed by atoms with Crippen LogP contribution in [0.1, 0.15) is 24.8 Å². The van der Waals surface area contributed by atoms with E-state index < -0.39 is 0 Å². The lowest BCUT2D eigenvalue weighted by Crippen LogP contribution is -2.03. The van der Waals surface area contributed by atoms with Gasteiger partial charge in [-0.05, 0) is 25.8 Å². The SMILES string of the molecule is CCCNc1c(-c2ccc(-c3c(C)noc3C)cc2)nc2cnccn12. The first-order valence-electron chi connectivity index (χ1n) is 8.78. The predicted molar refractivity (Wildman–Crippen MR) is 102 cm³/mol. The smallest absolute Gasteiger partial charge is 0.157 e. The normalized spacial score (nSPS) is 11.2. The second-order valence-corrected chi connectivity index (χ2v) is 6.32. The number of imidazole rings is 1. The highest BCUT2D eigenvalue weighted by atomic mass is 16.5. The van der Waals surface area contributed by atoms with Gasteiger partial charge in [0.25, 0.3) is 0 Å². The van der Waals surface area contributed by atoms with Crippen LogP contribution in [0.3, 0.4) is 0 Å². The molecule has 132 valence electrons. The maximum absolute atomic E-state index is 5.29. The number of fused-ring (bicyclic) bond motifs is 1. The second-order valence-electron chi connectivity index (χ2n) is 6.32. The second kappa shape index (κ2) is 6.63. The van der Waals surface area contributed by atoms with Crippen molar-refractivity contribution in [1.29, 1.82) is 0 Å². The predicted octanol–water partition coefficient (Wildman–Crippen LogP) is 4.49. The van der Waals surface area contributed by atoms with Crippen molar-refractivity contribution in [2.75, 3.05) is 11.9 Å². The molecule has 0 unspecified atom stereocenters. The maximum Gasteiger partial charge on any atom is 0.157 e. The molecule has 0 radical (unpaired) electrons. The molecule has 3 heterocycles. The molecule has 0 fully saturated rings. The van der Waals surface area contributed by atoms with Crippen LogP contribution in [-0.4, -0.2) is 26.1 Å². The van der Waals surface area contributed by atoms with E-state index in [1.54, 1.807) is 12.4 Å². The van der Waals surface area contributed by atoms with Crippen LogP contribution in [0.4, 0.5) is 5.82 Å². The zero-order chi connectivity index (χ0) is 18.1. The molecule has 6 heteroatoms. The molecule has 0 saturated heterocycles. The quantitative estimate of drug-likeness (QED) is 0.576. The van der Waals surface area contributed by atoms with Crippen molar-refractivity contribution in [3.63, 3.8) is 0 Å². The molecule has 0 aliphatic heterocycles. The number of aryl methyl sites for hydroxylation is 2. The van der Waals surface area contributed by atoms with Crippen molar-refractivity contribution in [3.05, 3.63) is 54.3 Å². The molecular formula is C20H21N5O. The van der Waals surface area contributed by atoms with E-state index in [0.29, 0.717) is 0 Å². The molecule has 4 rings (SSSR count). The molecule has 6 nitrogen and oxygen atoms in total. The minimum absolute atomic E-state index is 0.830. The van der Waals surface area contributed by atoms with Gasteiger partial charge in [-0.2, -0.15) is 0 Å². The van der Waals surface area contributed by atoms with Crippen molar-refractivity contribution in [3.8, 4) is 22.4 Å². The summed E-state index contributed by atoms with van der Waals surface area (Å²) >= 11 is 0. The van der Waals surface area contributed by atoms with Gasteiger partial charge in [-0.3, -0.25) is 9.38 Å². The molecular weight excluding hydrogens is 326 g/mol. The number of rotatable bonds is 5. The lowest BCUT2D eigenvalue weighted by molar-refractivity contribution is 0.393. The van der Waals surface area contributed by atoms with E-state index in [1.807, 2.05) is 24.4 Å². The van der Waals surface area contributed by atoms with Crippen molar-refractivity contribution < 1.29 is 4.52 Å². The Bertz CT molecular complexity index is 1030. The standard InChI is InChI=1S/C20H21N5O/c1-4-9-22-20-19(23-17-12-21-10-11-25(17)20)16-7-5-15(6-8-16)18-13(2)24-26-14(18)3/h5-8,10-12,22H,4,9H2,1-3H3. The van der Waals surface area contributed by atoms with Crippen LogP contribution in [0.25, 0.3) is 28.0 Å². The minimum atomic E-state index is 0.830. The summed E-state index contributed by atoms with van der Waals surface area (Å²) in [6.45, 7) is 6.93. The number of benzene rings is 1. The van der Waals surface area contributed by atoms with Gasteiger partial charge >= 0.3 is 0 Å². The first kappa shape index (κ1) is 16.3. The molecule has 0 saturated carbocycles. The van der Waals surface area contributed by atoms with Crippen molar-refractivity contribution in [2.45, 2.75) is 27.2 Å². The zero-order valence-corrected chi connectivity index (χ0v) is 15.2. The highest BCUT2D eigenvalue weighted by Gasteiger charge is 2.15. The molecule has 0 atom stereocenters. The van der Waals surface area contributed by atoms with E-state index >= 15 is 0 Å². The van der Waals surface area contributed by atoms with Gasteiger partial charge in [0.2, 0.25) is 0 Å². The van der Waals surface area contributed by atoms with E-state index in [0.717, 1.165) is 58.3 Å². The largest absolute Gasteiger partial charge is 0.369 e. The Morgan fingerprint density at radius 2 is 1.88 bits per heavy atom. The number of aromatic nitrogens is 4. The van der Waals surface area contributed by atoms with Gasteiger partial charge in [0.05, 0.1) is 11.9 Å². The number of hydrogen-bond acceptors (Lipinski definition) is 5. The molecule has 0 aliphatic rings. The van der Waals surface area contributed by atoms with Crippen LogP contribution in [0.2, 0.25) is 0 Å². The highest BCUT2D eigenvalue weighted by Crippen LogP contribution is 2.32. The highest BCUT2D eigenvalue weighted by molar-refractivity contribution is 5.78. The molecule has 1 aromatic carbocycles. The average Bonchev–Trinajstić information content (AvgIpc) is 3.20. The van der Waals surface area contributed by atoms with Gasteiger partial charge in [0, 0.05) is 30.1 Å². The van der Waals surface area contributed by atoms with E-state index in [2.05, 4.69) is 46.6 Å². The van der Waals surface area contributed by atoms with E-state index in [1.165, 1.54) is 0 Å². The maximum atomic E-state index is 5.29. The molecule has 0 bridgehead atoms. The topological polar surface area (TPSA) is 68.2 Å². The van der Waals surface area contributed by atoms with Gasteiger partial charge in [-0.15, -0.1) is 0 Å². The first-order valence-corrected chi connectivity index (χ1v) is 8.78. The number of hydrogen-bond donors (Lipinski definition) is 1. The van der Waals surface area contributed by atoms with Crippen molar-refractivity contribution >= 4 is 11.5 Å². The Kier molecular flexibility index (Phi) is 4.16. The minimum Gasteiger partial charge on any atom is -0.369 e. The third-order valence-electron chi connectivity index (χ3n) is 4.45. The molecule has 26 heavy (non-hydrogen) atoms. The first-order chi connectivity index (χ1) is 12.7. The van der Waals surface area contributed by atoms with Gasteiger partial charge in [-0.25, -0.2) is 4.98 Å². The monoisotopic (exact) mass is 347 g/mol. The van der Waals surface area contributed by atoms with Gasteiger partial charge in [0.1, 0.15) is 17.3 Å². The van der Waals surface area contributed by atoms with Crippen LogP contribution in [-0.2, 0) is 0 Å². The Labute approximate surface area is 151 Å². The Morgan fingerprint density at radius 1 is 1.12 bits per heavy atom. The summed E-state index contributed by atoms with van der Waals surface area (Å²) in [7, 11) is 0. The van der Waals surface area contributed by atoms with Gasteiger partial charge in [-0.1, -0.05) is 36.3 Å². The fourth-order valence-electron chi connectivity index (χ4n) is 3.21. The lowest BCUT2D eigenvalue weighted by atomic mass is 10.0. The fraction of sp³-hybridized carbons (Fsp3) is 0.250. The third-order valence-corrected chi connectivity index (χ3v) is 4.45. The third kappa shape index (κ3) is 2.73. The van der Waals surface area contributed by atoms with Crippen LogP contribution < -0.4 is 5.32 Å². The summed E-state index contributed by atoms with van der Waals surface area (Å²) in [5.74, 6) is 1.83. The van der Waals surface area contributed by atoms with Crippen molar-refractivity contribution in [2.24, 2.45) is 0 Å². The summed E-state index contributed by atoms with van der Waals surface area (Å²) < 4.78 is 7.33. The molecule has 1 N–H and O–H groups in total. The molecule has 0 amide bonds. The van der Waals surface area contributed by atoms with Crippen LogP contribution in [0, 0.1) is 13.8 Å². The van der Waals surface area contributed by atoms with E-state index in [-0.39, 0.29) is 0 Å². The number of nitrogens with one attached hydrogen (secondary N) is 1. The molecule has 4 aromatic rings. The Morgan fingerprint density at radius 3 is 2.58 bits per heavy atom. The average molecular weight is 347 g/mol. The molecule has 0 aliphatic carbocycles. The van der Waals surface area contributed by atoms with Gasteiger partial charge in [0.15, 0.2) is 5.65 Å². The molecule has 3 aromatic heterocycles. The number of nitrogens with zero attached hydrogens (tertiary/aromatic N) is 4. The van der Waals surface area contributed by atoms with Crippen molar-refractivity contribution in [1.82, 2.24) is 19.5 Å². The summed E-state index contributed by atoms with van der Waals surface area (Å²) in [6, 6.07) is 8.36. The summed E-state index contributed by atoms with van der Waals surface area (Å²) in [5.41, 5.74) is 5.87.